The smallest absolute Gasteiger partial charge is 0.333 e. The monoisotopic (exact) mass is 494 g/mol. The van der Waals surface area contributed by atoms with Gasteiger partial charge >= 0.3 is 6.55 Å². The highest BCUT2D eigenvalue weighted by Crippen LogP contribution is 2.25. The fraction of sp³-hybridized carbons (Fsp3) is 0.120. The van der Waals surface area contributed by atoms with Gasteiger partial charge in [-0.25, -0.2) is 14.4 Å². The van der Waals surface area contributed by atoms with Crippen LogP contribution in [-0.4, -0.2) is 25.3 Å². The van der Waals surface area contributed by atoms with E-state index in [-0.39, 0.29) is 11.1 Å². The van der Waals surface area contributed by atoms with E-state index < -0.39 is 6.55 Å². The van der Waals surface area contributed by atoms with Crippen molar-refractivity contribution in [3.8, 4) is 16.8 Å². The summed E-state index contributed by atoms with van der Waals surface area (Å²) in [6.07, 6.45) is 5.80. The molecule has 0 unspecified atom stereocenters. The van der Waals surface area contributed by atoms with Crippen LogP contribution in [-0.2, 0) is 0 Å². The Balaban J connectivity index is 1.76. The summed E-state index contributed by atoms with van der Waals surface area (Å²) in [6, 6.07) is 13.7. The Bertz CT molecular complexity index is 1500. The maximum atomic E-state index is 12.9. The van der Waals surface area contributed by atoms with E-state index in [0.29, 0.717) is 38.1 Å². The molecule has 2 N–H and O–H groups in total. The van der Waals surface area contributed by atoms with Gasteiger partial charge in [0.15, 0.2) is 5.69 Å². The zero-order chi connectivity index (χ0) is 25.1. The molecular weight excluding hydrogens is 474 g/mol. The van der Waals surface area contributed by atoms with Crippen LogP contribution >= 0.6 is 11.6 Å². The molecule has 0 bridgehead atoms. The molecule has 2 heterocycles. The number of allylic oxidation sites excluding steroid dienone is 2. The first-order chi connectivity index (χ1) is 16.7. The molecule has 2 aromatic heterocycles. The summed E-state index contributed by atoms with van der Waals surface area (Å²) in [5.74, 6) is 0. The van der Waals surface area contributed by atoms with Gasteiger partial charge < -0.3 is 5.73 Å². The van der Waals surface area contributed by atoms with Gasteiger partial charge in [0, 0.05) is 34.7 Å². The second-order valence-electron chi connectivity index (χ2n) is 7.83. The van der Waals surface area contributed by atoms with Gasteiger partial charge in [-0.1, -0.05) is 23.7 Å². The SMILES string of the molecule is CC(N)=CC(=Nc1cccc(Cl)c1)c1nn(-c2ccc(-c3cnn(C(F)F)c3)cc2C)ccc1=O. The van der Waals surface area contributed by atoms with Crippen molar-refractivity contribution < 1.29 is 8.78 Å². The van der Waals surface area contributed by atoms with Gasteiger partial charge in [0.1, 0.15) is 0 Å². The molecule has 0 saturated heterocycles. The van der Waals surface area contributed by atoms with Crippen LogP contribution in [0.25, 0.3) is 16.8 Å². The van der Waals surface area contributed by atoms with Crippen LogP contribution in [0.1, 0.15) is 24.7 Å². The normalized spacial score (nSPS) is 12.4. The Morgan fingerprint density at radius 2 is 1.97 bits per heavy atom. The molecule has 35 heavy (non-hydrogen) atoms. The minimum absolute atomic E-state index is 0.110. The molecular formula is C25H21ClF2N6O. The van der Waals surface area contributed by atoms with Crippen LogP contribution in [0.5, 0.6) is 0 Å². The van der Waals surface area contributed by atoms with Crippen LogP contribution in [0.2, 0.25) is 5.02 Å². The molecule has 4 rings (SSSR count). The van der Waals surface area contributed by atoms with E-state index in [1.54, 1.807) is 60.3 Å². The minimum atomic E-state index is -2.71. The lowest BCUT2D eigenvalue weighted by molar-refractivity contribution is 0.0566. The maximum absolute atomic E-state index is 12.9. The Morgan fingerprint density at radius 3 is 2.63 bits per heavy atom. The summed E-state index contributed by atoms with van der Waals surface area (Å²) in [4.78, 5) is 17.3. The van der Waals surface area contributed by atoms with Crippen molar-refractivity contribution in [2.75, 3.05) is 0 Å². The number of halogens is 3. The summed E-state index contributed by atoms with van der Waals surface area (Å²) in [5.41, 5.74) is 9.77. The van der Waals surface area contributed by atoms with Crippen molar-refractivity contribution in [3.63, 3.8) is 0 Å². The van der Waals surface area contributed by atoms with Gasteiger partial charge in [-0.05, 0) is 61.4 Å². The number of nitrogens with zero attached hydrogens (tertiary/aromatic N) is 5. The number of rotatable bonds is 6. The van der Waals surface area contributed by atoms with Crippen molar-refractivity contribution >= 4 is 23.0 Å². The first-order valence-corrected chi connectivity index (χ1v) is 10.9. The molecule has 0 aliphatic heterocycles. The molecule has 0 amide bonds. The predicted molar refractivity (Wildman–Crippen MR) is 133 cm³/mol. The Labute approximate surface area is 204 Å². The van der Waals surface area contributed by atoms with E-state index in [0.717, 1.165) is 11.1 Å². The average Bonchev–Trinajstić information content (AvgIpc) is 3.30. The Kier molecular flexibility index (Phi) is 6.88. The van der Waals surface area contributed by atoms with Crippen LogP contribution in [0.15, 0.2) is 88.7 Å². The predicted octanol–water partition coefficient (Wildman–Crippen LogP) is 5.44. The second kappa shape index (κ2) is 10.0. The van der Waals surface area contributed by atoms with E-state index in [1.807, 2.05) is 13.0 Å². The zero-order valence-electron chi connectivity index (χ0n) is 18.9. The van der Waals surface area contributed by atoms with E-state index in [1.165, 1.54) is 18.5 Å². The van der Waals surface area contributed by atoms with Crippen LogP contribution < -0.4 is 11.2 Å². The first kappa shape index (κ1) is 24.0. The van der Waals surface area contributed by atoms with E-state index in [9.17, 15) is 13.6 Å². The van der Waals surface area contributed by atoms with Gasteiger partial charge in [-0.2, -0.15) is 19.0 Å². The topological polar surface area (TPSA) is 91.1 Å². The van der Waals surface area contributed by atoms with Crippen molar-refractivity contribution in [1.29, 1.82) is 0 Å². The number of hydrogen-bond donors (Lipinski definition) is 1. The zero-order valence-corrected chi connectivity index (χ0v) is 19.6. The second-order valence-corrected chi connectivity index (χ2v) is 8.26. The summed E-state index contributed by atoms with van der Waals surface area (Å²) < 4.78 is 27.9. The lowest BCUT2D eigenvalue weighted by Gasteiger charge is -2.12. The molecule has 0 aliphatic rings. The molecule has 0 atom stereocenters. The molecule has 0 fully saturated rings. The lowest BCUT2D eigenvalue weighted by Crippen LogP contribution is -2.21. The highest BCUT2D eigenvalue weighted by atomic mass is 35.5. The van der Waals surface area contributed by atoms with Gasteiger partial charge in [0.25, 0.3) is 0 Å². The molecule has 10 heteroatoms. The molecule has 2 aromatic carbocycles. The Hall–Kier alpha value is -4.11. The molecule has 0 aliphatic carbocycles. The summed E-state index contributed by atoms with van der Waals surface area (Å²) in [7, 11) is 0. The summed E-state index contributed by atoms with van der Waals surface area (Å²) in [5, 5.41) is 8.72. The van der Waals surface area contributed by atoms with Crippen molar-refractivity contribution in [3.05, 3.63) is 105 Å². The molecule has 0 saturated carbocycles. The number of hydrogen-bond acceptors (Lipinski definition) is 5. The third-order valence-corrected chi connectivity index (χ3v) is 5.29. The largest absolute Gasteiger partial charge is 0.402 e. The average molecular weight is 495 g/mol. The van der Waals surface area contributed by atoms with Crippen LogP contribution in [0, 0.1) is 6.92 Å². The number of aliphatic imine (C=N–C) groups is 1. The highest BCUT2D eigenvalue weighted by Gasteiger charge is 2.13. The molecule has 7 nitrogen and oxygen atoms in total. The van der Waals surface area contributed by atoms with Gasteiger partial charge in [0.2, 0.25) is 5.43 Å². The number of alkyl halides is 2. The Morgan fingerprint density at radius 1 is 1.17 bits per heavy atom. The van der Waals surface area contributed by atoms with Crippen molar-refractivity contribution in [2.24, 2.45) is 10.7 Å². The molecule has 0 radical (unpaired) electrons. The minimum Gasteiger partial charge on any atom is -0.402 e. The summed E-state index contributed by atoms with van der Waals surface area (Å²) in [6.45, 7) is 0.844. The maximum Gasteiger partial charge on any atom is 0.333 e. The van der Waals surface area contributed by atoms with Gasteiger partial charge in [0.05, 0.1) is 23.3 Å². The van der Waals surface area contributed by atoms with Gasteiger partial charge in [-0.3, -0.25) is 4.79 Å². The highest BCUT2D eigenvalue weighted by molar-refractivity contribution is 6.30. The number of nitrogens with two attached hydrogens (primary N) is 1. The molecule has 4 aromatic rings. The van der Waals surface area contributed by atoms with Crippen LogP contribution in [0.4, 0.5) is 14.5 Å². The van der Waals surface area contributed by atoms with E-state index >= 15 is 0 Å². The number of aryl methyl sites for hydroxylation is 1. The molecule has 178 valence electrons. The van der Waals surface area contributed by atoms with E-state index in [2.05, 4.69) is 15.2 Å². The number of aromatic nitrogens is 4. The van der Waals surface area contributed by atoms with E-state index in [4.69, 9.17) is 17.3 Å². The lowest BCUT2D eigenvalue weighted by atomic mass is 10.1. The van der Waals surface area contributed by atoms with Crippen molar-refractivity contribution in [1.82, 2.24) is 19.6 Å². The standard InChI is InChI=1S/C25H21ClF2N6O/c1-15-10-17(18-13-30-34(14-18)25(27)28)6-7-22(15)33-9-8-23(35)24(32-33)21(11-16(2)29)31-20-5-3-4-19(26)12-20/h3-14,25H,29H2,1-2H3. The van der Waals surface area contributed by atoms with Crippen molar-refractivity contribution in [2.45, 2.75) is 20.4 Å². The van der Waals surface area contributed by atoms with Crippen LogP contribution in [0.3, 0.4) is 0 Å². The molecule has 0 spiro atoms. The number of benzene rings is 2. The quantitative estimate of drug-likeness (QED) is 0.361. The summed E-state index contributed by atoms with van der Waals surface area (Å²) >= 11 is 6.07. The third-order valence-electron chi connectivity index (χ3n) is 5.05. The fourth-order valence-corrected chi connectivity index (χ4v) is 3.64. The van der Waals surface area contributed by atoms with Gasteiger partial charge in [-0.15, -0.1) is 0 Å². The first-order valence-electron chi connectivity index (χ1n) is 10.5. The third kappa shape index (κ3) is 5.52. The fourth-order valence-electron chi connectivity index (χ4n) is 3.46.